The summed E-state index contributed by atoms with van der Waals surface area (Å²) in [4.78, 5) is 6.82. The van der Waals surface area contributed by atoms with Crippen molar-refractivity contribution in [2.75, 3.05) is 33.8 Å². The molecule has 3 rings (SSSR count). The van der Waals surface area contributed by atoms with Crippen LogP contribution < -0.4 is 10.1 Å². The number of halogens is 2. The van der Waals surface area contributed by atoms with Crippen molar-refractivity contribution in [3.8, 4) is 5.75 Å². The molecule has 1 fully saturated rings. The lowest BCUT2D eigenvalue weighted by Gasteiger charge is -2.30. The Morgan fingerprint density at radius 1 is 1.42 bits per heavy atom. The molecule has 8 heteroatoms. The molecule has 1 aliphatic rings. The van der Waals surface area contributed by atoms with Gasteiger partial charge in [0, 0.05) is 26.1 Å². The topological polar surface area (TPSA) is 63.4 Å². The highest BCUT2D eigenvalue weighted by molar-refractivity contribution is 9.10. The number of likely N-dealkylation sites (N-methyl/N-ethyl adjacent to an activating group) is 1. The van der Waals surface area contributed by atoms with E-state index in [4.69, 9.17) is 9.26 Å². The van der Waals surface area contributed by atoms with E-state index >= 15 is 0 Å². The van der Waals surface area contributed by atoms with Crippen LogP contribution in [0.5, 0.6) is 5.75 Å². The van der Waals surface area contributed by atoms with Crippen LogP contribution in [0.1, 0.15) is 23.3 Å². The maximum Gasteiger partial charge on any atom is 0.227 e. The van der Waals surface area contributed by atoms with Gasteiger partial charge in [-0.1, -0.05) is 11.2 Å². The Bertz CT molecular complexity index is 667. The van der Waals surface area contributed by atoms with Gasteiger partial charge in [0.2, 0.25) is 5.89 Å². The molecular formula is C16H22BrClN4O2. The number of aryl methyl sites for hydroxylation is 2. The van der Waals surface area contributed by atoms with Crippen molar-refractivity contribution in [1.29, 1.82) is 0 Å². The Labute approximate surface area is 156 Å². The van der Waals surface area contributed by atoms with Crippen LogP contribution in [0.2, 0.25) is 0 Å². The van der Waals surface area contributed by atoms with E-state index in [-0.39, 0.29) is 18.4 Å². The number of ether oxygens (including phenoxy) is 1. The Kier molecular flexibility index (Phi) is 7.03. The molecule has 1 N–H and O–H groups in total. The second kappa shape index (κ2) is 8.80. The average Bonchev–Trinajstić information content (AvgIpc) is 3.02. The molecule has 6 nitrogen and oxygen atoms in total. The lowest BCUT2D eigenvalue weighted by atomic mass is 10.1. The van der Waals surface area contributed by atoms with Gasteiger partial charge in [0.25, 0.3) is 0 Å². The van der Waals surface area contributed by atoms with E-state index in [1.165, 1.54) is 5.56 Å². The van der Waals surface area contributed by atoms with Crippen molar-refractivity contribution in [3.63, 3.8) is 0 Å². The molecule has 0 radical (unpaired) electrons. The first-order chi connectivity index (χ1) is 11.2. The molecule has 1 aromatic heterocycles. The number of hydrogen-bond donors (Lipinski definition) is 1. The number of rotatable bonds is 5. The van der Waals surface area contributed by atoms with Crippen LogP contribution in [0.25, 0.3) is 0 Å². The Morgan fingerprint density at radius 3 is 2.96 bits per heavy atom. The van der Waals surface area contributed by atoms with E-state index in [0.29, 0.717) is 5.89 Å². The maximum atomic E-state index is 5.41. The maximum absolute atomic E-state index is 5.41. The molecule has 0 saturated carbocycles. The van der Waals surface area contributed by atoms with Crippen LogP contribution in [-0.2, 0) is 12.8 Å². The fraction of sp³-hybridized carbons (Fsp3) is 0.500. The smallest absolute Gasteiger partial charge is 0.227 e. The molecule has 1 aromatic carbocycles. The lowest BCUT2D eigenvalue weighted by Crippen LogP contribution is -2.44. The zero-order chi connectivity index (χ0) is 16.2. The molecule has 0 aliphatic carbocycles. The molecular weight excluding hydrogens is 396 g/mol. The van der Waals surface area contributed by atoms with Crippen molar-refractivity contribution in [3.05, 3.63) is 40.0 Å². The summed E-state index contributed by atoms with van der Waals surface area (Å²) in [5.74, 6) is 2.29. The normalized spacial score (nSPS) is 18.2. The number of piperazine rings is 1. The summed E-state index contributed by atoms with van der Waals surface area (Å²) in [5, 5.41) is 7.52. The minimum Gasteiger partial charge on any atom is -0.496 e. The molecule has 1 unspecified atom stereocenters. The Balaban J connectivity index is 0.00000208. The molecule has 132 valence electrons. The van der Waals surface area contributed by atoms with Crippen LogP contribution in [-0.4, -0.2) is 48.8 Å². The van der Waals surface area contributed by atoms with Crippen molar-refractivity contribution in [1.82, 2.24) is 20.4 Å². The van der Waals surface area contributed by atoms with Gasteiger partial charge in [0.15, 0.2) is 5.82 Å². The second-order valence-electron chi connectivity index (χ2n) is 5.72. The predicted octanol–water partition coefficient (Wildman–Crippen LogP) is 2.62. The summed E-state index contributed by atoms with van der Waals surface area (Å²) >= 11 is 3.51. The number of nitrogens with zero attached hydrogens (tertiary/aromatic N) is 3. The standard InChI is InChI=1S/C16H21BrN4O2.ClH/c1-21-8-7-18-10-13(21)16-19-15(23-20-16)6-4-11-3-5-14(22-2)12(17)9-11;/h3,5,9,13,18H,4,6-8,10H2,1-2H3;1H. The molecule has 1 saturated heterocycles. The van der Waals surface area contributed by atoms with Crippen molar-refractivity contribution in [2.45, 2.75) is 18.9 Å². The van der Waals surface area contributed by atoms with E-state index in [1.54, 1.807) is 7.11 Å². The minimum atomic E-state index is 0. The summed E-state index contributed by atoms with van der Waals surface area (Å²) < 4.78 is 11.6. The first-order valence-corrected chi connectivity index (χ1v) is 8.52. The van der Waals surface area contributed by atoms with Gasteiger partial charge < -0.3 is 14.6 Å². The summed E-state index contributed by atoms with van der Waals surface area (Å²) in [6.07, 6.45) is 1.58. The molecule has 24 heavy (non-hydrogen) atoms. The molecule has 2 aromatic rings. The molecule has 2 heterocycles. The summed E-state index contributed by atoms with van der Waals surface area (Å²) in [5.41, 5.74) is 1.20. The van der Waals surface area contributed by atoms with E-state index in [2.05, 4.69) is 55.5 Å². The Hall–Kier alpha value is -1.15. The first kappa shape index (κ1) is 19.2. The fourth-order valence-electron chi connectivity index (χ4n) is 2.72. The van der Waals surface area contributed by atoms with E-state index in [0.717, 1.165) is 48.5 Å². The monoisotopic (exact) mass is 416 g/mol. The van der Waals surface area contributed by atoms with Gasteiger partial charge in [-0.2, -0.15) is 4.98 Å². The van der Waals surface area contributed by atoms with Crippen LogP contribution in [0.4, 0.5) is 0 Å². The summed E-state index contributed by atoms with van der Waals surface area (Å²) in [6, 6.07) is 6.27. The van der Waals surface area contributed by atoms with Crippen molar-refractivity contribution < 1.29 is 9.26 Å². The fourth-order valence-corrected chi connectivity index (χ4v) is 3.30. The molecule has 1 aliphatic heterocycles. The second-order valence-corrected chi connectivity index (χ2v) is 6.57. The molecule has 1 atom stereocenters. The number of aromatic nitrogens is 2. The quantitative estimate of drug-likeness (QED) is 0.807. The van der Waals surface area contributed by atoms with Gasteiger partial charge in [-0.3, -0.25) is 4.90 Å². The third-order valence-electron chi connectivity index (χ3n) is 4.14. The molecule has 0 amide bonds. The van der Waals surface area contributed by atoms with Crippen LogP contribution in [0, 0.1) is 0 Å². The highest BCUT2D eigenvalue weighted by atomic mass is 79.9. The van der Waals surface area contributed by atoms with Crippen molar-refractivity contribution in [2.24, 2.45) is 0 Å². The predicted molar refractivity (Wildman–Crippen MR) is 97.9 cm³/mol. The van der Waals surface area contributed by atoms with Gasteiger partial charge in [-0.05, 0) is 47.1 Å². The largest absolute Gasteiger partial charge is 0.496 e. The van der Waals surface area contributed by atoms with Crippen molar-refractivity contribution >= 4 is 28.3 Å². The highest BCUT2D eigenvalue weighted by Crippen LogP contribution is 2.26. The van der Waals surface area contributed by atoms with Gasteiger partial charge in [-0.25, -0.2) is 0 Å². The third kappa shape index (κ3) is 4.47. The lowest BCUT2D eigenvalue weighted by molar-refractivity contribution is 0.190. The van der Waals surface area contributed by atoms with Gasteiger partial charge >= 0.3 is 0 Å². The highest BCUT2D eigenvalue weighted by Gasteiger charge is 2.25. The molecule has 0 bridgehead atoms. The van der Waals surface area contributed by atoms with Crippen LogP contribution >= 0.6 is 28.3 Å². The number of hydrogen-bond acceptors (Lipinski definition) is 6. The zero-order valence-corrected chi connectivity index (χ0v) is 16.2. The SMILES string of the molecule is COc1ccc(CCc2nc(C3CNCCN3C)no2)cc1Br.Cl. The van der Waals surface area contributed by atoms with E-state index < -0.39 is 0 Å². The van der Waals surface area contributed by atoms with Gasteiger partial charge in [-0.15, -0.1) is 12.4 Å². The van der Waals surface area contributed by atoms with E-state index in [9.17, 15) is 0 Å². The number of methoxy groups -OCH3 is 1. The summed E-state index contributed by atoms with van der Waals surface area (Å²) in [6.45, 7) is 2.86. The van der Waals surface area contributed by atoms with Crippen LogP contribution in [0.3, 0.4) is 0 Å². The number of nitrogens with one attached hydrogen (secondary N) is 1. The third-order valence-corrected chi connectivity index (χ3v) is 4.76. The average molecular weight is 418 g/mol. The van der Waals surface area contributed by atoms with E-state index in [1.807, 2.05) is 6.07 Å². The van der Waals surface area contributed by atoms with Crippen LogP contribution in [0.15, 0.2) is 27.2 Å². The first-order valence-electron chi connectivity index (χ1n) is 7.73. The summed E-state index contributed by atoms with van der Waals surface area (Å²) in [7, 11) is 3.76. The van der Waals surface area contributed by atoms with Gasteiger partial charge in [0.05, 0.1) is 17.6 Å². The number of benzene rings is 1. The molecule has 0 spiro atoms. The minimum absolute atomic E-state index is 0. The zero-order valence-electron chi connectivity index (χ0n) is 13.8. The Morgan fingerprint density at radius 2 is 2.25 bits per heavy atom. The van der Waals surface area contributed by atoms with Gasteiger partial charge in [0.1, 0.15) is 5.75 Å².